The van der Waals surface area contributed by atoms with Gasteiger partial charge in [0, 0.05) is 18.7 Å². The summed E-state index contributed by atoms with van der Waals surface area (Å²) in [6.45, 7) is 3.74. The van der Waals surface area contributed by atoms with Gasteiger partial charge in [0.1, 0.15) is 0 Å². The Bertz CT molecular complexity index is 336. The topological polar surface area (TPSA) is 21.3 Å². The van der Waals surface area contributed by atoms with Gasteiger partial charge >= 0.3 is 0 Å². The summed E-state index contributed by atoms with van der Waals surface area (Å²) in [5, 5.41) is 3.49. The van der Waals surface area contributed by atoms with E-state index in [1.807, 2.05) is 6.07 Å². The quantitative estimate of drug-likeness (QED) is 0.904. The van der Waals surface area contributed by atoms with E-state index in [2.05, 4.69) is 12.2 Å². The maximum Gasteiger partial charge on any atom is 0.0991 e. The summed E-state index contributed by atoms with van der Waals surface area (Å²) in [6, 6.07) is 2.60. The Kier molecular flexibility index (Phi) is 3.91. The average molecular weight is 266 g/mol. The molecule has 0 spiro atoms. The molecule has 5 heteroatoms. The van der Waals surface area contributed by atoms with E-state index < -0.39 is 0 Å². The fourth-order valence-corrected chi connectivity index (χ4v) is 3.40. The van der Waals surface area contributed by atoms with Crippen molar-refractivity contribution in [3.05, 3.63) is 20.3 Å². The van der Waals surface area contributed by atoms with Gasteiger partial charge < -0.3 is 10.1 Å². The molecule has 0 amide bonds. The summed E-state index contributed by atoms with van der Waals surface area (Å²) in [6.07, 6.45) is 1.07. The first-order valence-corrected chi connectivity index (χ1v) is 6.52. The lowest BCUT2D eigenvalue weighted by Gasteiger charge is -2.17. The molecule has 0 saturated carbocycles. The largest absolute Gasteiger partial charge is 0.380 e. The Morgan fingerprint density at radius 3 is 2.93 bits per heavy atom. The van der Waals surface area contributed by atoms with Crippen molar-refractivity contribution in [2.45, 2.75) is 25.4 Å². The Morgan fingerprint density at radius 1 is 1.60 bits per heavy atom. The van der Waals surface area contributed by atoms with Crippen molar-refractivity contribution in [2.24, 2.45) is 0 Å². The Hall–Kier alpha value is 0.200. The van der Waals surface area contributed by atoms with Gasteiger partial charge in [-0.3, -0.25) is 0 Å². The van der Waals surface area contributed by atoms with Gasteiger partial charge in [0.15, 0.2) is 0 Å². The zero-order valence-corrected chi connectivity index (χ0v) is 10.8. The molecule has 15 heavy (non-hydrogen) atoms. The van der Waals surface area contributed by atoms with Gasteiger partial charge in [0.2, 0.25) is 0 Å². The van der Waals surface area contributed by atoms with Gasteiger partial charge in [0.25, 0.3) is 0 Å². The third kappa shape index (κ3) is 2.86. The first-order valence-electron chi connectivity index (χ1n) is 4.95. The van der Waals surface area contributed by atoms with E-state index in [-0.39, 0.29) is 6.04 Å². The summed E-state index contributed by atoms with van der Waals surface area (Å²) in [7, 11) is 0. The van der Waals surface area contributed by atoms with E-state index in [0.717, 1.165) is 33.9 Å². The van der Waals surface area contributed by atoms with Crippen LogP contribution >= 0.6 is 34.5 Å². The minimum absolute atomic E-state index is 0.230. The molecule has 1 aliphatic rings. The SMILES string of the molecule is CC(NC1CCOC1)c1cc(Cl)sc1Cl. The first-order chi connectivity index (χ1) is 7.16. The number of halogens is 2. The molecule has 0 aliphatic carbocycles. The van der Waals surface area contributed by atoms with E-state index in [1.165, 1.54) is 11.3 Å². The second kappa shape index (κ2) is 5.02. The normalized spacial score (nSPS) is 23.3. The highest BCUT2D eigenvalue weighted by Crippen LogP contribution is 2.35. The van der Waals surface area contributed by atoms with Gasteiger partial charge in [0.05, 0.1) is 15.3 Å². The summed E-state index contributed by atoms with van der Waals surface area (Å²) in [5.41, 5.74) is 1.08. The number of thiophene rings is 1. The maximum absolute atomic E-state index is 6.09. The second-order valence-corrected chi connectivity index (χ2v) is 6.01. The summed E-state index contributed by atoms with van der Waals surface area (Å²) >= 11 is 13.4. The summed E-state index contributed by atoms with van der Waals surface area (Å²) < 4.78 is 6.83. The van der Waals surface area contributed by atoms with Crippen LogP contribution in [0.4, 0.5) is 0 Å². The molecule has 1 saturated heterocycles. The Balaban J connectivity index is 2.00. The van der Waals surface area contributed by atoms with Crippen molar-refractivity contribution in [1.29, 1.82) is 0 Å². The molecule has 0 bridgehead atoms. The van der Waals surface area contributed by atoms with E-state index >= 15 is 0 Å². The van der Waals surface area contributed by atoms with Gasteiger partial charge in [-0.2, -0.15) is 0 Å². The van der Waals surface area contributed by atoms with Crippen LogP contribution < -0.4 is 5.32 Å². The van der Waals surface area contributed by atoms with Crippen molar-refractivity contribution in [3.63, 3.8) is 0 Å². The highest BCUT2D eigenvalue weighted by Gasteiger charge is 2.20. The lowest BCUT2D eigenvalue weighted by atomic mass is 10.1. The second-order valence-electron chi connectivity index (χ2n) is 3.73. The molecule has 1 fully saturated rings. The van der Waals surface area contributed by atoms with Crippen molar-refractivity contribution in [2.75, 3.05) is 13.2 Å². The van der Waals surface area contributed by atoms with Gasteiger partial charge in [-0.15, -0.1) is 11.3 Å². The minimum Gasteiger partial charge on any atom is -0.380 e. The van der Waals surface area contributed by atoms with Gasteiger partial charge in [-0.25, -0.2) is 0 Å². The van der Waals surface area contributed by atoms with Crippen LogP contribution in [0.25, 0.3) is 0 Å². The highest BCUT2D eigenvalue weighted by molar-refractivity contribution is 7.20. The van der Waals surface area contributed by atoms with E-state index in [4.69, 9.17) is 27.9 Å². The van der Waals surface area contributed by atoms with Crippen LogP contribution in [-0.4, -0.2) is 19.3 Å². The zero-order chi connectivity index (χ0) is 10.8. The molecule has 2 rings (SSSR count). The highest BCUT2D eigenvalue weighted by atomic mass is 35.5. The molecule has 0 aromatic carbocycles. The van der Waals surface area contributed by atoms with Gasteiger partial charge in [-0.05, 0) is 25.0 Å². The number of nitrogens with one attached hydrogen (secondary N) is 1. The van der Waals surface area contributed by atoms with Crippen molar-refractivity contribution in [3.8, 4) is 0 Å². The molecule has 1 aromatic heterocycles. The molecule has 84 valence electrons. The molecule has 2 nitrogen and oxygen atoms in total. The lowest BCUT2D eigenvalue weighted by molar-refractivity contribution is 0.188. The molecular formula is C10H13Cl2NOS. The lowest BCUT2D eigenvalue weighted by Crippen LogP contribution is -2.31. The molecular weight excluding hydrogens is 253 g/mol. The van der Waals surface area contributed by atoms with Crippen molar-refractivity contribution in [1.82, 2.24) is 5.32 Å². The van der Waals surface area contributed by atoms with Crippen LogP contribution in [0.2, 0.25) is 8.67 Å². The first kappa shape index (κ1) is 11.7. The molecule has 2 atom stereocenters. The monoisotopic (exact) mass is 265 g/mol. The molecule has 1 aromatic rings. The van der Waals surface area contributed by atoms with Crippen LogP contribution in [0.15, 0.2) is 6.07 Å². The van der Waals surface area contributed by atoms with Crippen LogP contribution in [0.1, 0.15) is 24.9 Å². The Labute approximate surface area is 104 Å². The van der Waals surface area contributed by atoms with Crippen LogP contribution in [-0.2, 0) is 4.74 Å². The van der Waals surface area contributed by atoms with Crippen molar-refractivity contribution < 1.29 is 4.74 Å². The maximum atomic E-state index is 6.09. The van der Waals surface area contributed by atoms with E-state index in [9.17, 15) is 0 Å². The molecule has 2 unspecified atom stereocenters. The molecule has 2 heterocycles. The predicted octanol–water partition coefficient (Wildman–Crippen LogP) is 3.49. The van der Waals surface area contributed by atoms with Crippen LogP contribution in [0.3, 0.4) is 0 Å². The number of ether oxygens (including phenoxy) is 1. The van der Waals surface area contributed by atoms with E-state index in [0.29, 0.717) is 6.04 Å². The molecule has 1 N–H and O–H groups in total. The third-order valence-electron chi connectivity index (χ3n) is 2.56. The number of rotatable bonds is 3. The molecule has 0 radical (unpaired) electrons. The standard InChI is InChI=1S/C10H13Cl2NOS/c1-6(13-7-2-3-14-5-7)8-4-9(11)15-10(8)12/h4,6-7,13H,2-3,5H2,1H3. The summed E-state index contributed by atoms with van der Waals surface area (Å²) in [5.74, 6) is 0. The fourth-order valence-electron chi connectivity index (χ4n) is 1.76. The van der Waals surface area contributed by atoms with E-state index in [1.54, 1.807) is 0 Å². The van der Waals surface area contributed by atoms with Crippen LogP contribution in [0.5, 0.6) is 0 Å². The number of hydrogen-bond acceptors (Lipinski definition) is 3. The fraction of sp³-hybridized carbons (Fsp3) is 0.600. The average Bonchev–Trinajstić information content (AvgIpc) is 2.75. The summed E-state index contributed by atoms with van der Waals surface area (Å²) in [4.78, 5) is 0. The van der Waals surface area contributed by atoms with Crippen LogP contribution in [0, 0.1) is 0 Å². The zero-order valence-electron chi connectivity index (χ0n) is 8.43. The molecule has 1 aliphatic heterocycles. The van der Waals surface area contributed by atoms with Gasteiger partial charge in [-0.1, -0.05) is 23.2 Å². The van der Waals surface area contributed by atoms with Crippen molar-refractivity contribution >= 4 is 34.5 Å². The Morgan fingerprint density at radius 2 is 2.40 bits per heavy atom. The smallest absolute Gasteiger partial charge is 0.0991 e. The number of hydrogen-bond donors (Lipinski definition) is 1. The minimum atomic E-state index is 0.230. The third-order valence-corrected chi connectivity index (χ3v) is 4.08. The predicted molar refractivity (Wildman–Crippen MR) is 65.1 cm³/mol.